The SMILES string of the molecule is CNC(=O)c1cnc2[nH]ccc2c1NC1CCNCC1(F)F.Cl. The zero-order valence-corrected chi connectivity index (χ0v) is 13.3. The van der Waals surface area contributed by atoms with Gasteiger partial charge in [-0.15, -0.1) is 12.4 Å². The summed E-state index contributed by atoms with van der Waals surface area (Å²) in [6, 6.07) is 0.689. The van der Waals surface area contributed by atoms with Crippen molar-refractivity contribution in [3.63, 3.8) is 0 Å². The van der Waals surface area contributed by atoms with E-state index in [2.05, 4.69) is 25.9 Å². The van der Waals surface area contributed by atoms with Gasteiger partial charge < -0.3 is 20.9 Å². The van der Waals surface area contributed by atoms with Gasteiger partial charge in [0.2, 0.25) is 0 Å². The number of piperidine rings is 1. The fourth-order valence-electron chi connectivity index (χ4n) is 2.66. The second kappa shape index (κ2) is 6.67. The molecule has 1 unspecified atom stereocenters. The van der Waals surface area contributed by atoms with Crippen LogP contribution in [0.1, 0.15) is 16.8 Å². The van der Waals surface area contributed by atoms with Crippen molar-refractivity contribution in [3.05, 3.63) is 24.0 Å². The lowest BCUT2D eigenvalue weighted by molar-refractivity contribution is -0.0321. The van der Waals surface area contributed by atoms with E-state index in [9.17, 15) is 13.6 Å². The first kappa shape index (κ1) is 17.4. The molecule has 1 saturated heterocycles. The maximum atomic E-state index is 14.0. The molecule has 2 aromatic heterocycles. The molecule has 0 saturated carbocycles. The first-order valence-corrected chi connectivity index (χ1v) is 7.06. The molecule has 0 radical (unpaired) electrons. The van der Waals surface area contributed by atoms with Gasteiger partial charge in [0, 0.05) is 24.8 Å². The number of fused-ring (bicyclic) bond motifs is 1. The summed E-state index contributed by atoms with van der Waals surface area (Å²) in [4.78, 5) is 19.1. The molecule has 1 atom stereocenters. The number of amides is 1. The average molecular weight is 346 g/mol. The minimum atomic E-state index is -2.88. The number of nitrogens with one attached hydrogen (secondary N) is 4. The first-order chi connectivity index (χ1) is 10.5. The van der Waals surface area contributed by atoms with Gasteiger partial charge in [0.1, 0.15) is 5.65 Å². The minimum absolute atomic E-state index is 0. The number of anilines is 1. The van der Waals surface area contributed by atoms with E-state index >= 15 is 0 Å². The Kier molecular flexibility index (Phi) is 5.06. The predicted molar refractivity (Wildman–Crippen MR) is 86.6 cm³/mol. The van der Waals surface area contributed by atoms with Gasteiger partial charge in [-0.05, 0) is 19.0 Å². The molecule has 0 aliphatic carbocycles. The Morgan fingerprint density at radius 2 is 2.26 bits per heavy atom. The number of alkyl halides is 2. The summed E-state index contributed by atoms with van der Waals surface area (Å²) in [5.74, 6) is -3.25. The number of carbonyl (C=O) groups is 1. The molecule has 0 bridgehead atoms. The number of nitrogens with zero attached hydrogens (tertiary/aromatic N) is 1. The van der Waals surface area contributed by atoms with Crippen LogP contribution < -0.4 is 16.0 Å². The Hall–Kier alpha value is -1.93. The molecule has 1 aliphatic rings. The van der Waals surface area contributed by atoms with Crippen molar-refractivity contribution in [1.82, 2.24) is 20.6 Å². The highest BCUT2D eigenvalue weighted by atomic mass is 35.5. The summed E-state index contributed by atoms with van der Waals surface area (Å²) in [5.41, 5.74) is 1.19. The van der Waals surface area contributed by atoms with Gasteiger partial charge in [0.05, 0.1) is 23.8 Å². The fourth-order valence-corrected chi connectivity index (χ4v) is 2.66. The average Bonchev–Trinajstić information content (AvgIpc) is 2.97. The van der Waals surface area contributed by atoms with Crippen molar-refractivity contribution in [3.8, 4) is 0 Å². The monoisotopic (exact) mass is 345 g/mol. The second-order valence-electron chi connectivity index (χ2n) is 5.29. The largest absolute Gasteiger partial charge is 0.375 e. The van der Waals surface area contributed by atoms with Crippen LogP contribution in [0.4, 0.5) is 14.5 Å². The number of pyridine rings is 1. The van der Waals surface area contributed by atoms with E-state index in [0.29, 0.717) is 23.3 Å². The van der Waals surface area contributed by atoms with E-state index in [0.717, 1.165) is 0 Å². The normalized spacial score (nSPS) is 19.9. The van der Waals surface area contributed by atoms with Crippen LogP contribution in [0.2, 0.25) is 0 Å². The number of carbonyl (C=O) groups excluding carboxylic acids is 1. The molecule has 6 nitrogen and oxygen atoms in total. The quantitative estimate of drug-likeness (QED) is 0.683. The van der Waals surface area contributed by atoms with E-state index < -0.39 is 12.0 Å². The molecular weight excluding hydrogens is 328 g/mol. The molecule has 3 rings (SSSR count). The maximum Gasteiger partial charge on any atom is 0.279 e. The lowest BCUT2D eigenvalue weighted by Gasteiger charge is -2.33. The maximum absolute atomic E-state index is 14.0. The van der Waals surface area contributed by atoms with E-state index in [4.69, 9.17) is 0 Å². The Labute approximate surface area is 137 Å². The van der Waals surface area contributed by atoms with Crippen LogP contribution in [0.3, 0.4) is 0 Å². The lowest BCUT2D eigenvalue weighted by atomic mass is 10.0. The van der Waals surface area contributed by atoms with Gasteiger partial charge in [-0.1, -0.05) is 0 Å². The zero-order valence-electron chi connectivity index (χ0n) is 12.5. The van der Waals surface area contributed by atoms with E-state index in [-0.39, 0.29) is 36.8 Å². The van der Waals surface area contributed by atoms with Crippen LogP contribution >= 0.6 is 12.4 Å². The van der Waals surface area contributed by atoms with Crippen molar-refractivity contribution >= 4 is 35.0 Å². The highest BCUT2D eigenvalue weighted by molar-refractivity contribution is 6.06. The smallest absolute Gasteiger partial charge is 0.279 e. The van der Waals surface area contributed by atoms with Crippen LogP contribution in [0, 0.1) is 0 Å². The number of hydrogen-bond donors (Lipinski definition) is 4. The minimum Gasteiger partial charge on any atom is -0.375 e. The topological polar surface area (TPSA) is 81.8 Å². The van der Waals surface area contributed by atoms with Crippen LogP contribution in [0.15, 0.2) is 18.5 Å². The van der Waals surface area contributed by atoms with E-state index in [1.807, 2.05) is 0 Å². The molecular formula is C14H18ClF2N5O. The molecule has 9 heteroatoms. The second-order valence-corrected chi connectivity index (χ2v) is 5.29. The van der Waals surface area contributed by atoms with E-state index in [1.54, 1.807) is 12.3 Å². The zero-order chi connectivity index (χ0) is 15.7. The Bertz CT molecular complexity index is 706. The third kappa shape index (κ3) is 3.23. The number of halogens is 3. The Balaban J connectivity index is 0.00000192. The summed E-state index contributed by atoms with van der Waals surface area (Å²) in [5, 5.41) is 8.69. The summed E-state index contributed by atoms with van der Waals surface area (Å²) in [6.07, 6.45) is 3.32. The number of rotatable bonds is 3. The third-order valence-corrected chi connectivity index (χ3v) is 3.86. The molecule has 1 amide bonds. The molecule has 1 aliphatic heterocycles. The van der Waals surface area contributed by atoms with E-state index in [1.165, 1.54) is 13.2 Å². The van der Waals surface area contributed by atoms with Crippen LogP contribution in [-0.4, -0.2) is 48.0 Å². The molecule has 0 spiro atoms. The van der Waals surface area contributed by atoms with Crippen LogP contribution in [0.25, 0.3) is 11.0 Å². The van der Waals surface area contributed by atoms with Gasteiger partial charge in [-0.3, -0.25) is 4.79 Å². The molecule has 0 aromatic carbocycles. The molecule has 3 heterocycles. The van der Waals surface area contributed by atoms with Crippen molar-refractivity contribution in [2.24, 2.45) is 0 Å². The Morgan fingerprint density at radius 1 is 1.48 bits per heavy atom. The highest BCUT2D eigenvalue weighted by Crippen LogP contribution is 2.31. The standard InChI is InChI=1S/C14H17F2N5O.ClH/c1-17-13(22)9-6-20-12-8(2-5-19-12)11(9)21-10-3-4-18-7-14(10,15)16;/h2,5-6,10,18H,3-4,7H2,1H3,(H,17,22)(H2,19,20,21);1H. The predicted octanol–water partition coefficient (Wildman–Crippen LogP) is 1.75. The summed E-state index contributed by atoms with van der Waals surface area (Å²) < 4.78 is 28.1. The number of aromatic nitrogens is 2. The Morgan fingerprint density at radius 3 is 2.96 bits per heavy atom. The molecule has 4 N–H and O–H groups in total. The van der Waals surface area contributed by atoms with Crippen LogP contribution in [0.5, 0.6) is 0 Å². The van der Waals surface area contributed by atoms with Crippen molar-refractivity contribution in [2.75, 3.05) is 25.5 Å². The number of H-pyrrole nitrogens is 1. The number of aromatic amines is 1. The summed E-state index contributed by atoms with van der Waals surface area (Å²) >= 11 is 0. The van der Waals surface area contributed by atoms with Crippen molar-refractivity contribution in [2.45, 2.75) is 18.4 Å². The molecule has 1 fully saturated rings. The van der Waals surface area contributed by atoms with Gasteiger partial charge in [-0.2, -0.15) is 0 Å². The highest BCUT2D eigenvalue weighted by Gasteiger charge is 2.42. The van der Waals surface area contributed by atoms with Gasteiger partial charge >= 0.3 is 0 Å². The molecule has 23 heavy (non-hydrogen) atoms. The van der Waals surface area contributed by atoms with Crippen molar-refractivity contribution in [1.29, 1.82) is 0 Å². The first-order valence-electron chi connectivity index (χ1n) is 7.06. The summed E-state index contributed by atoms with van der Waals surface area (Å²) in [7, 11) is 1.49. The third-order valence-electron chi connectivity index (χ3n) is 3.86. The van der Waals surface area contributed by atoms with Crippen LogP contribution in [-0.2, 0) is 0 Å². The molecule has 2 aromatic rings. The van der Waals surface area contributed by atoms with Crippen molar-refractivity contribution < 1.29 is 13.6 Å². The fraction of sp³-hybridized carbons (Fsp3) is 0.429. The van der Waals surface area contributed by atoms with Gasteiger partial charge in [-0.25, -0.2) is 13.8 Å². The number of hydrogen-bond acceptors (Lipinski definition) is 4. The summed E-state index contributed by atoms with van der Waals surface area (Å²) in [6.45, 7) is 0.130. The van der Waals surface area contributed by atoms with Gasteiger partial charge in [0.15, 0.2) is 0 Å². The lowest BCUT2D eigenvalue weighted by Crippen LogP contribution is -2.53. The molecule has 126 valence electrons. The van der Waals surface area contributed by atoms with Gasteiger partial charge in [0.25, 0.3) is 11.8 Å².